The first-order chi connectivity index (χ1) is 5.83. The van der Waals surface area contributed by atoms with Gasteiger partial charge >= 0.3 is 0 Å². The van der Waals surface area contributed by atoms with Crippen LogP contribution < -0.4 is 0 Å². The highest BCUT2D eigenvalue weighted by atomic mass is 79.9. The van der Waals surface area contributed by atoms with Crippen molar-refractivity contribution < 1.29 is 0 Å². The lowest BCUT2D eigenvalue weighted by molar-refractivity contribution is 0.646. The van der Waals surface area contributed by atoms with E-state index < -0.39 is 0 Å². The quantitative estimate of drug-likeness (QED) is 0.746. The van der Waals surface area contributed by atoms with Crippen molar-refractivity contribution in [2.75, 3.05) is 0 Å². The van der Waals surface area contributed by atoms with Crippen molar-refractivity contribution in [3.63, 3.8) is 0 Å². The summed E-state index contributed by atoms with van der Waals surface area (Å²) in [6.45, 7) is 2.90. The van der Waals surface area contributed by atoms with E-state index in [1.165, 1.54) is 0 Å². The maximum Gasteiger partial charge on any atom is 0.127 e. The molecule has 0 radical (unpaired) electrons. The molecule has 0 saturated carbocycles. The number of halogens is 1. The molecule has 0 amide bonds. The lowest BCUT2D eigenvalue weighted by Gasteiger charge is -1.95. The highest BCUT2D eigenvalue weighted by Crippen LogP contribution is 2.20. The Kier molecular flexibility index (Phi) is 1.84. The summed E-state index contributed by atoms with van der Waals surface area (Å²) in [4.78, 5) is 0. The number of nitrogens with zero attached hydrogens (tertiary/aromatic N) is 3. The molecule has 2 aromatic rings. The molecule has 4 heteroatoms. The minimum Gasteiger partial charge on any atom is -0.245 e. The summed E-state index contributed by atoms with van der Waals surface area (Å²) < 4.78 is 2.87. The van der Waals surface area contributed by atoms with Crippen molar-refractivity contribution >= 4 is 27.0 Å². The summed E-state index contributed by atoms with van der Waals surface area (Å²) in [5.41, 5.74) is 2.01. The van der Waals surface area contributed by atoms with Crippen LogP contribution in [0.25, 0.3) is 11.0 Å². The van der Waals surface area contributed by atoms with Crippen LogP contribution in [0.2, 0.25) is 0 Å². The predicted molar refractivity (Wildman–Crippen MR) is 50.9 cm³/mol. The zero-order valence-corrected chi connectivity index (χ0v) is 8.24. The summed E-state index contributed by atoms with van der Waals surface area (Å²) in [7, 11) is 0. The molecule has 0 spiro atoms. The molecule has 1 aromatic carbocycles. The van der Waals surface area contributed by atoms with Crippen molar-refractivity contribution in [2.45, 2.75) is 13.5 Å². The van der Waals surface area contributed by atoms with Gasteiger partial charge in [0.1, 0.15) is 5.52 Å². The number of hydrogen-bond acceptors (Lipinski definition) is 2. The van der Waals surface area contributed by atoms with Crippen LogP contribution in [0.3, 0.4) is 0 Å². The van der Waals surface area contributed by atoms with Gasteiger partial charge in [0.05, 0.1) is 5.52 Å². The van der Waals surface area contributed by atoms with Gasteiger partial charge in [-0.15, -0.1) is 5.10 Å². The van der Waals surface area contributed by atoms with E-state index in [-0.39, 0.29) is 0 Å². The fraction of sp³-hybridized carbons (Fsp3) is 0.250. The first kappa shape index (κ1) is 7.73. The van der Waals surface area contributed by atoms with Gasteiger partial charge in [0.15, 0.2) is 0 Å². The lowest BCUT2D eigenvalue weighted by atomic mass is 10.3. The molecule has 0 unspecified atom stereocenters. The Labute approximate surface area is 78.5 Å². The highest BCUT2D eigenvalue weighted by molar-refractivity contribution is 9.10. The molecule has 3 nitrogen and oxygen atoms in total. The molecule has 1 heterocycles. The molecule has 0 aliphatic heterocycles. The fourth-order valence-corrected chi connectivity index (χ4v) is 1.63. The van der Waals surface area contributed by atoms with Gasteiger partial charge in [0, 0.05) is 11.0 Å². The second-order valence-electron chi connectivity index (χ2n) is 2.51. The average Bonchev–Trinajstić information content (AvgIpc) is 2.49. The Morgan fingerprint density at radius 3 is 3.08 bits per heavy atom. The molecule has 0 fully saturated rings. The zero-order valence-electron chi connectivity index (χ0n) is 6.66. The van der Waals surface area contributed by atoms with Crippen molar-refractivity contribution in [1.82, 2.24) is 15.0 Å². The van der Waals surface area contributed by atoms with E-state index in [2.05, 4.69) is 33.2 Å². The van der Waals surface area contributed by atoms with Crippen LogP contribution in [-0.4, -0.2) is 15.0 Å². The fourth-order valence-electron chi connectivity index (χ4n) is 1.19. The van der Waals surface area contributed by atoms with Crippen molar-refractivity contribution in [3.05, 3.63) is 22.7 Å². The standard InChI is InChI=1S/C8H8BrN3/c1-2-12-7-5-3-4-6(9)8(7)10-11-12/h3-5H,2H2,1H3. The van der Waals surface area contributed by atoms with E-state index in [1.807, 2.05) is 22.9 Å². The van der Waals surface area contributed by atoms with Gasteiger partial charge in [0.25, 0.3) is 0 Å². The Hall–Kier alpha value is -0.900. The van der Waals surface area contributed by atoms with Gasteiger partial charge < -0.3 is 0 Å². The maximum absolute atomic E-state index is 4.06. The predicted octanol–water partition coefficient (Wildman–Crippen LogP) is 2.21. The lowest BCUT2D eigenvalue weighted by Crippen LogP contribution is -1.95. The topological polar surface area (TPSA) is 30.7 Å². The van der Waals surface area contributed by atoms with Crippen LogP contribution in [0, 0.1) is 0 Å². The van der Waals surface area contributed by atoms with E-state index in [9.17, 15) is 0 Å². The Bertz CT molecular complexity index is 408. The van der Waals surface area contributed by atoms with E-state index in [0.29, 0.717) is 0 Å². The third kappa shape index (κ3) is 1.03. The molecule has 1 aromatic heterocycles. The van der Waals surface area contributed by atoms with Crippen molar-refractivity contribution in [3.8, 4) is 0 Å². The maximum atomic E-state index is 4.06. The number of aromatic nitrogens is 3. The van der Waals surface area contributed by atoms with Gasteiger partial charge in [-0.1, -0.05) is 11.3 Å². The molecule has 0 aliphatic rings. The van der Waals surface area contributed by atoms with E-state index in [1.54, 1.807) is 0 Å². The second kappa shape index (κ2) is 2.86. The highest BCUT2D eigenvalue weighted by Gasteiger charge is 2.04. The van der Waals surface area contributed by atoms with Gasteiger partial charge in [-0.2, -0.15) is 0 Å². The summed E-state index contributed by atoms with van der Waals surface area (Å²) in [6.07, 6.45) is 0. The molecule has 2 rings (SSSR count). The molecule has 0 atom stereocenters. The summed E-state index contributed by atoms with van der Waals surface area (Å²) in [6, 6.07) is 5.97. The molecule has 0 N–H and O–H groups in total. The van der Waals surface area contributed by atoms with Crippen LogP contribution in [0.1, 0.15) is 6.92 Å². The molecular formula is C8H8BrN3. The monoisotopic (exact) mass is 225 g/mol. The number of benzene rings is 1. The van der Waals surface area contributed by atoms with Crippen LogP contribution in [0.5, 0.6) is 0 Å². The van der Waals surface area contributed by atoms with E-state index in [4.69, 9.17) is 0 Å². The molecule has 0 saturated heterocycles. The summed E-state index contributed by atoms with van der Waals surface area (Å²) in [5.74, 6) is 0. The minimum atomic E-state index is 0.854. The first-order valence-corrected chi connectivity index (χ1v) is 4.60. The van der Waals surface area contributed by atoms with Gasteiger partial charge in [-0.25, -0.2) is 4.68 Å². The summed E-state index contributed by atoms with van der Waals surface area (Å²) >= 11 is 3.42. The van der Waals surface area contributed by atoms with Gasteiger partial charge in [0.2, 0.25) is 0 Å². The van der Waals surface area contributed by atoms with Gasteiger partial charge in [-0.05, 0) is 35.0 Å². The first-order valence-electron chi connectivity index (χ1n) is 3.80. The number of fused-ring (bicyclic) bond motifs is 1. The van der Waals surface area contributed by atoms with Gasteiger partial charge in [-0.3, -0.25) is 0 Å². The minimum absolute atomic E-state index is 0.854. The third-order valence-electron chi connectivity index (χ3n) is 1.80. The summed E-state index contributed by atoms with van der Waals surface area (Å²) in [5, 5.41) is 8.07. The van der Waals surface area contributed by atoms with Crippen LogP contribution >= 0.6 is 15.9 Å². The number of aryl methyl sites for hydroxylation is 1. The van der Waals surface area contributed by atoms with Crippen molar-refractivity contribution in [2.24, 2.45) is 0 Å². The Morgan fingerprint density at radius 2 is 2.33 bits per heavy atom. The molecule has 62 valence electrons. The molecule has 12 heavy (non-hydrogen) atoms. The Morgan fingerprint density at radius 1 is 1.50 bits per heavy atom. The largest absolute Gasteiger partial charge is 0.245 e. The number of rotatable bonds is 1. The van der Waals surface area contributed by atoms with Crippen molar-refractivity contribution in [1.29, 1.82) is 0 Å². The number of hydrogen-bond donors (Lipinski definition) is 0. The van der Waals surface area contributed by atoms with E-state index >= 15 is 0 Å². The molecule has 0 aliphatic carbocycles. The smallest absolute Gasteiger partial charge is 0.127 e. The Balaban J connectivity index is 2.80. The molecular weight excluding hydrogens is 218 g/mol. The van der Waals surface area contributed by atoms with Crippen LogP contribution in [0.4, 0.5) is 0 Å². The zero-order chi connectivity index (χ0) is 8.55. The SMILES string of the molecule is CCn1nnc2c(Br)cccc21. The van der Waals surface area contributed by atoms with Crippen LogP contribution in [-0.2, 0) is 6.54 Å². The van der Waals surface area contributed by atoms with Crippen LogP contribution in [0.15, 0.2) is 22.7 Å². The van der Waals surface area contributed by atoms with E-state index in [0.717, 1.165) is 22.1 Å². The average molecular weight is 226 g/mol. The normalized spacial score (nSPS) is 10.8. The second-order valence-corrected chi connectivity index (χ2v) is 3.37. The molecule has 0 bridgehead atoms. The third-order valence-corrected chi connectivity index (χ3v) is 2.44.